The number of nitrogens with zero attached hydrogens (tertiary/aromatic N) is 2. The Morgan fingerprint density at radius 1 is 1.42 bits per heavy atom. The van der Waals surface area contributed by atoms with Gasteiger partial charge in [0.05, 0.1) is 36.2 Å². The zero-order valence-electron chi connectivity index (χ0n) is 14.8. The minimum atomic E-state index is -0.726. The summed E-state index contributed by atoms with van der Waals surface area (Å²) in [5.74, 6) is -0.142. The molecule has 0 unspecified atom stereocenters. The SMILES string of the molecule is COC(=O)c1ccc2c(=O)n(C[C@H](C)O)c(SCCNC(C)=O)nc2c1. The van der Waals surface area contributed by atoms with Crippen LogP contribution in [0.3, 0.4) is 0 Å². The molecular formula is C17H21N3O5S. The largest absolute Gasteiger partial charge is 0.465 e. The van der Waals surface area contributed by atoms with Gasteiger partial charge in [0.25, 0.3) is 5.56 Å². The lowest BCUT2D eigenvalue weighted by molar-refractivity contribution is -0.118. The van der Waals surface area contributed by atoms with E-state index >= 15 is 0 Å². The predicted molar refractivity (Wildman–Crippen MR) is 98.4 cm³/mol. The summed E-state index contributed by atoms with van der Waals surface area (Å²) in [6, 6.07) is 4.54. The van der Waals surface area contributed by atoms with Crippen LogP contribution in [0.2, 0.25) is 0 Å². The number of benzene rings is 1. The fraction of sp³-hybridized carbons (Fsp3) is 0.412. The zero-order chi connectivity index (χ0) is 19.3. The average Bonchev–Trinajstić information content (AvgIpc) is 2.60. The molecule has 1 atom stereocenters. The molecule has 2 rings (SSSR count). The van der Waals surface area contributed by atoms with Crippen molar-refractivity contribution in [3.05, 3.63) is 34.1 Å². The Bertz CT molecular complexity index is 879. The monoisotopic (exact) mass is 379 g/mol. The van der Waals surface area contributed by atoms with E-state index in [1.807, 2.05) is 0 Å². The molecule has 1 aromatic carbocycles. The number of esters is 1. The number of aromatic nitrogens is 2. The van der Waals surface area contributed by atoms with E-state index in [0.717, 1.165) is 0 Å². The number of fused-ring (bicyclic) bond motifs is 1. The summed E-state index contributed by atoms with van der Waals surface area (Å²) >= 11 is 1.29. The molecule has 140 valence electrons. The number of hydrogen-bond donors (Lipinski definition) is 2. The molecule has 0 saturated carbocycles. The van der Waals surface area contributed by atoms with Crippen molar-refractivity contribution in [3.63, 3.8) is 0 Å². The molecule has 8 nitrogen and oxygen atoms in total. The van der Waals surface area contributed by atoms with Crippen LogP contribution in [0.25, 0.3) is 10.9 Å². The highest BCUT2D eigenvalue weighted by atomic mass is 32.2. The summed E-state index contributed by atoms with van der Waals surface area (Å²) in [4.78, 5) is 39.9. The molecule has 26 heavy (non-hydrogen) atoms. The van der Waals surface area contributed by atoms with Gasteiger partial charge in [-0.2, -0.15) is 0 Å². The lowest BCUT2D eigenvalue weighted by Gasteiger charge is -2.14. The molecule has 9 heteroatoms. The fourth-order valence-electron chi connectivity index (χ4n) is 2.35. The van der Waals surface area contributed by atoms with Crippen LogP contribution < -0.4 is 10.9 Å². The fourth-order valence-corrected chi connectivity index (χ4v) is 3.21. The number of aliphatic hydroxyl groups excluding tert-OH is 1. The second-order valence-corrected chi connectivity index (χ2v) is 6.78. The Morgan fingerprint density at radius 3 is 2.77 bits per heavy atom. The van der Waals surface area contributed by atoms with Crippen molar-refractivity contribution in [3.8, 4) is 0 Å². The van der Waals surface area contributed by atoms with Gasteiger partial charge in [0, 0.05) is 19.2 Å². The third-order valence-electron chi connectivity index (χ3n) is 3.50. The highest BCUT2D eigenvalue weighted by Crippen LogP contribution is 2.19. The molecule has 1 amide bonds. The molecule has 0 saturated heterocycles. The van der Waals surface area contributed by atoms with Crippen LogP contribution >= 0.6 is 11.8 Å². The number of carbonyl (C=O) groups excluding carboxylic acids is 2. The van der Waals surface area contributed by atoms with Crippen molar-refractivity contribution in [2.75, 3.05) is 19.4 Å². The number of rotatable bonds is 7. The summed E-state index contributed by atoms with van der Waals surface area (Å²) in [5, 5.41) is 13.1. The molecule has 0 aliphatic carbocycles. The summed E-state index contributed by atoms with van der Waals surface area (Å²) in [5.41, 5.74) is 0.380. The molecule has 0 aliphatic heterocycles. The van der Waals surface area contributed by atoms with E-state index in [1.54, 1.807) is 6.92 Å². The lowest BCUT2D eigenvalue weighted by atomic mass is 10.1. The maximum atomic E-state index is 12.8. The third kappa shape index (κ3) is 4.83. The first kappa shape index (κ1) is 19.9. The number of thioether (sulfide) groups is 1. The number of hydrogen-bond acceptors (Lipinski definition) is 7. The van der Waals surface area contributed by atoms with Crippen molar-refractivity contribution in [1.29, 1.82) is 0 Å². The molecule has 0 radical (unpaired) electrons. The van der Waals surface area contributed by atoms with Crippen molar-refractivity contribution in [1.82, 2.24) is 14.9 Å². The van der Waals surface area contributed by atoms with Gasteiger partial charge in [-0.05, 0) is 25.1 Å². The number of nitrogens with one attached hydrogen (secondary N) is 1. The standard InChI is InChI=1S/C17H21N3O5S/c1-10(21)9-20-15(23)13-5-4-12(16(24)25-3)8-14(13)19-17(20)26-7-6-18-11(2)22/h4-5,8,10,21H,6-7,9H2,1-3H3,(H,18,22)/t10-/m0/s1. The van der Waals surface area contributed by atoms with Crippen LogP contribution in [0.15, 0.2) is 28.2 Å². The van der Waals surface area contributed by atoms with E-state index in [0.29, 0.717) is 33.9 Å². The Morgan fingerprint density at radius 2 is 2.15 bits per heavy atom. The van der Waals surface area contributed by atoms with Crippen LogP contribution in [0.5, 0.6) is 0 Å². The van der Waals surface area contributed by atoms with Gasteiger partial charge < -0.3 is 15.2 Å². The minimum absolute atomic E-state index is 0.100. The topological polar surface area (TPSA) is 111 Å². The van der Waals surface area contributed by atoms with E-state index in [2.05, 4.69) is 10.3 Å². The summed E-state index contributed by atoms with van der Waals surface area (Å²) < 4.78 is 6.10. The van der Waals surface area contributed by atoms with Gasteiger partial charge in [0.1, 0.15) is 0 Å². The van der Waals surface area contributed by atoms with Crippen LogP contribution in [-0.2, 0) is 16.1 Å². The van der Waals surface area contributed by atoms with Crippen molar-refractivity contribution in [2.45, 2.75) is 31.7 Å². The molecule has 1 aromatic heterocycles. The Labute approximate surface area is 154 Å². The number of ether oxygens (including phenoxy) is 1. The normalized spacial score (nSPS) is 12.0. The maximum absolute atomic E-state index is 12.8. The van der Waals surface area contributed by atoms with E-state index in [4.69, 9.17) is 4.74 Å². The molecule has 2 N–H and O–H groups in total. The Kier molecular flexibility index (Phi) is 6.76. The Hall–Kier alpha value is -2.39. The van der Waals surface area contributed by atoms with Gasteiger partial charge >= 0.3 is 5.97 Å². The van der Waals surface area contributed by atoms with Crippen LogP contribution in [0.1, 0.15) is 24.2 Å². The number of aliphatic hydroxyl groups is 1. The molecule has 0 bridgehead atoms. The predicted octanol–water partition coefficient (Wildman–Crippen LogP) is 0.792. The molecular weight excluding hydrogens is 358 g/mol. The van der Waals surface area contributed by atoms with Gasteiger partial charge in [0.2, 0.25) is 5.91 Å². The van der Waals surface area contributed by atoms with Gasteiger partial charge in [0.15, 0.2) is 5.16 Å². The van der Waals surface area contributed by atoms with Crippen molar-refractivity contribution >= 4 is 34.5 Å². The van der Waals surface area contributed by atoms with Crippen LogP contribution in [0, 0.1) is 0 Å². The van der Waals surface area contributed by atoms with Gasteiger partial charge in [-0.3, -0.25) is 14.2 Å². The lowest BCUT2D eigenvalue weighted by Crippen LogP contribution is -2.28. The van der Waals surface area contributed by atoms with Gasteiger partial charge in [-0.25, -0.2) is 9.78 Å². The second kappa shape index (κ2) is 8.81. The first-order valence-electron chi connectivity index (χ1n) is 8.01. The van der Waals surface area contributed by atoms with Crippen molar-refractivity contribution in [2.24, 2.45) is 0 Å². The second-order valence-electron chi connectivity index (χ2n) is 5.71. The van der Waals surface area contributed by atoms with Crippen LogP contribution in [0.4, 0.5) is 0 Å². The maximum Gasteiger partial charge on any atom is 0.337 e. The van der Waals surface area contributed by atoms with Gasteiger partial charge in [-0.1, -0.05) is 11.8 Å². The van der Waals surface area contributed by atoms with Crippen molar-refractivity contribution < 1.29 is 19.4 Å². The highest BCUT2D eigenvalue weighted by molar-refractivity contribution is 7.99. The molecule has 2 aromatic rings. The minimum Gasteiger partial charge on any atom is -0.465 e. The zero-order valence-corrected chi connectivity index (χ0v) is 15.6. The first-order chi connectivity index (χ1) is 12.3. The van der Waals surface area contributed by atoms with E-state index in [1.165, 1.54) is 48.6 Å². The molecule has 0 spiro atoms. The third-order valence-corrected chi connectivity index (χ3v) is 4.47. The first-order valence-corrected chi connectivity index (χ1v) is 9.00. The Balaban J connectivity index is 2.45. The number of amides is 1. The van der Waals surface area contributed by atoms with E-state index < -0.39 is 12.1 Å². The molecule has 0 aliphatic rings. The van der Waals surface area contributed by atoms with Gasteiger partial charge in [-0.15, -0.1) is 0 Å². The summed E-state index contributed by atoms with van der Waals surface area (Å²) in [6.45, 7) is 3.53. The summed E-state index contributed by atoms with van der Waals surface area (Å²) in [7, 11) is 1.28. The van der Waals surface area contributed by atoms with Crippen LogP contribution in [-0.4, -0.2) is 52.0 Å². The summed E-state index contributed by atoms with van der Waals surface area (Å²) in [6.07, 6.45) is -0.726. The number of methoxy groups -OCH3 is 1. The highest BCUT2D eigenvalue weighted by Gasteiger charge is 2.15. The average molecular weight is 379 g/mol. The molecule has 0 fully saturated rings. The van der Waals surface area contributed by atoms with E-state index in [9.17, 15) is 19.5 Å². The number of carbonyl (C=O) groups is 2. The molecule has 1 heterocycles. The smallest absolute Gasteiger partial charge is 0.337 e. The quantitative estimate of drug-likeness (QED) is 0.317. The van der Waals surface area contributed by atoms with E-state index in [-0.39, 0.29) is 18.0 Å².